The van der Waals surface area contributed by atoms with Crippen molar-refractivity contribution < 1.29 is 14.3 Å². The average Bonchev–Trinajstić information content (AvgIpc) is 3.49. The fourth-order valence-corrected chi connectivity index (χ4v) is 5.27. The minimum absolute atomic E-state index is 0.0768. The van der Waals surface area contributed by atoms with Gasteiger partial charge >= 0.3 is 0 Å². The van der Waals surface area contributed by atoms with Gasteiger partial charge in [-0.25, -0.2) is 0 Å². The Kier molecular flexibility index (Phi) is 4.99. The highest BCUT2D eigenvalue weighted by atomic mass is 32.1. The molecule has 4 aromatic rings. The van der Waals surface area contributed by atoms with Crippen LogP contribution in [0.25, 0.3) is 16.5 Å². The lowest BCUT2D eigenvalue weighted by molar-refractivity contribution is -0.123. The molecule has 0 radical (unpaired) electrons. The molecular formula is C22H23N5O3S. The molecule has 1 aliphatic rings. The van der Waals surface area contributed by atoms with E-state index in [-0.39, 0.29) is 23.7 Å². The van der Waals surface area contributed by atoms with E-state index in [2.05, 4.69) is 39.2 Å². The number of carbonyl (C=O) groups excluding carboxylic acids is 1. The second-order valence-corrected chi connectivity index (χ2v) is 8.93. The van der Waals surface area contributed by atoms with Gasteiger partial charge in [-0.1, -0.05) is 41.2 Å². The van der Waals surface area contributed by atoms with Crippen LogP contribution in [0.5, 0.6) is 5.88 Å². The zero-order valence-electron chi connectivity index (χ0n) is 17.1. The SMILES string of the molecule is Cc1ccc([C@@H](c2sc3nc(-c4ccco4)nn3c2O)N2CCC(C(N)=O)CC2)cc1. The first-order valence-corrected chi connectivity index (χ1v) is 11.0. The first-order chi connectivity index (χ1) is 15.0. The van der Waals surface area contributed by atoms with E-state index in [1.54, 1.807) is 18.4 Å². The molecule has 8 nitrogen and oxygen atoms in total. The third-order valence-corrected chi connectivity index (χ3v) is 6.95. The van der Waals surface area contributed by atoms with Gasteiger partial charge in [0.05, 0.1) is 17.2 Å². The molecule has 1 aliphatic heterocycles. The number of hydrogen-bond donors (Lipinski definition) is 2. The van der Waals surface area contributed by atoms with Crippen LogP contribution >= 0.6 is 11.3 Å². The zero-order valence-corrected chi connectivity index (χ0v) is 17.9. The number of benzene rings is 1. The van der Waals surface area contributed by atoms with Crippen LogP contribution in [0, 0.1) is 12.8 Å². The molecule has 5 rings (SSSR count). The lowest BCUT2D eigenvalue weighted by Crippen LogP contribution is -2.40. The van der Waals surface area contributed by atoms with Crippen molar-refractivity contribution in [1.29, 1.82) is 0 Å². The van der Waals surface area contributed by atoms with Gasteiger partial charge in [0.15, 0.2) is 5.76 Å². The molecule has 9 heteroatoms. The summed E-state index contributed by atoms with van der Waals surface area (Å²) in [4.78, 5) is 19.8. The van der Waals surface area contributed by atoms with Crippen molar-refractivity contribution in [1.82, 2.24) is 19.5 Å². The molecule has 1 saturated heterocycles. The first-order valence-electron chi connectivity index (χ1n) is 10.2. The number of aryl methyl sites for hydroxylation is 1. The van der Waals surface area contributed by atoms with Crippen molar-refractivity contribution in [3.8, 4) is 17.5 Å². The molecule has 0 bridgehead atoms. The molecule has 0 saturated carbocycles. The van der Waals surface area contributed by atoms with Crippen molar-refractivity contribution in [2.75, 3.05) is 13.1 Å². The molecule has 1 amide bonds. The van der Waals surface area contributed by atoms with Crippen molar-refractivity contribution >= 4 is 22.2 Å². The molecule has 4 heterocycles. The second kappa shape index (κ2) is 7.82. The number of piperidine rings is 1. The Morgan fingerprint density at radius 3 is 2.61 bits per heavy atom. The molecule has 0 spiro atoms. The summed E-state index contributed by atoms with van der Waals surface area (Å²) in [5.74, 6) is 0.737. The van der Waals surface area contributed by atoms with Crippen LogP contribution in [-0.4, -0.2) is 43.6 Å². The number of carbonyl (C=O) groups is 1. The van der Waals surface area contributed by atoms with Crippen molar-refractivity contribution in [3.05, 3.63) is 58.7 Å². The van der Waals surface area contributed by atoms with Gasteiger partial charge in [0.2, 0.25) is 22.6 Å². The summed E-state index contributed by atoms with van der Waals surface area (Å²) in [6.07, 6.45) is 2.99. The Morgan fingerprint density at radius 1 is 1.26 bits per heavy atom. The van der Waals surface area contributed by atoms with Crippen LogP contribution in [0.2, 0.25) is 0 Å². The summed E-state index contributed by atoms with van der Waals surface area (Å²) < 4.78 is 6.85. The Labute approximate surface area is 182 Å². The number of amides is 1. The van der Waals surface area contributed by atoms with E-state index in [9.17, 15) is 9.90 Å². The van der Waals surface area contributed by atoms with Crippen LogP contribution in [-0.2, 0) is 4.79 Å². The number of nitrogens with zero attached hydrogens (tertiary/aromatic N) is 4. The maximum atomic E-state index is 11.6. The van der Waals surface area contributed by atoms with Crippen LogP contribution in [0.15, 0.2) is 47.1 Å². The molecule has 3 N–H and O–H groups in total. The monoisotopic (exact) mass is 437 g/mol. The molecule has 3 aromatic heterocycles. The zero-order chi connectivity index (χ0) is 21.5. The molecule has 0 unspecified atom stereocenters. The quantitative estimate of drug-likeness (QED) is 0.495. The highest BCUT2D eigenvalue weighted by molar-refractivity contribution is 7.17. The number of nitrogens with two attached hydrogens (primary N) is 1. The van der Waals surface area contributed by atoms with Crippen molar-refractivity contribution in [3.63, 3.8) is 0 Å². The smallest absolute Gasteiger partial charge is 0.230 e. The Hall–Kier alpha value is -3.17. The minimum Gasteiger partial charge on any atom is -0.492 e. The van der Waals surface area contributed by atoms with Crippen molar-refractivity contribution in [2.45, 2.75) is 25.8 Å². The Bertz CT molecular complexity index is 1200. The van der Waals surface area contributed by atoms with Crippen molar-refractivity contribution in [2.24, 2.45) is 11.7 Å². The van der Waals surface area contributed by atoms with Crippen LogP contribution in [0.4, 0.5) is 0 Å². The maximum Gasteiger partial charge on any atom is 0.230 e. The minimum atomic E-state index is -0.237. The summed E-state index contributed by atoms with van der Waals surface area (Å²) in [5, 5.41) is 15.5. The fraction of sp³-hybridized carbons (Fsp3) is 0.318. The number of hydrogen-bond acceptors (Lipinski definition) is 7. The molecule has 1 aromatic carbocycles. The standard InChI is InChI=1S/C22H23N5O3S/c1-13-4-6-14(7-5-13)17(26-10-8-15(9-11-26)19(23)28)18-21(29)27-22(31-18)24-20(25-27)16-3-2-12-30-16/h2-7,12,15,17,29H,8-11H2,1H3,(H2,23,28)/t17-/m0/s1. The van der Waals surface area contributed by atoms with Gasteiger partial charge in [0.1, 0.15) is 0 Å². The molecule has 1 fully saturated rings. The van der Waals surface area contributed by atoms with Crippen LogP contribution in [0.3, 0.4) is 0 Å². The number of thiazole rings is 1. The van der Waals surface area contributed by atoms with Crippen LogP contribution in [0.1, 0.15) is 34.9 Å². The van der Waals surface area contributed by atoms with E-state index in [1.165, 1.54) is 21.4 Å². The van der Waals surface area contributed by atoms with E-state index in [0.29, 0.717) is 29.4 Å². The molecule has 160 valence electrons. The van der Waals surface area contributed by atoms with Gasteiger partial charge < -0.3 is 15.3 Å². The van der Waals surface area contributed by atoms with E-state index in [0.717, 1.165) is 23.5 Å². The lowest BCUT2D eigenvalue weighted by Gasteiger charge is -2.36. The van der Waals surface area contributed by atoms with E-state index in [4.69, 9.17) is 10.2 Å². The third kappa shape index (κ3) is 3.60. The maximum absolute atomic E-state index is 11.6. The number of primary amides is 1. The normalized spacial score (nSPS) is 16.7. The molecular weight excluding hydrogens is 414 g/mol. The number of rotatable bonds is 5. The average molecular weight is 438 g/mol. The van der Waals surface area contributed by atoms with Gasteiger partial charge in [-0.05, 0) is 50.6 Å². The predicted octanol–water partition coefficient (Wildman–Crippen LogP) is 3.35. The number of aromatic nitrogens is 3. The third-order valence-electron chi connectivity index (χ3n) is 5.88. The number of aromatic hydroxyl groups is 1. The Morgan fingerprint density at radius 2 is 2.00 bits per heavy atom. The summed E-state index contributed by atoms with van der Waals surface area (Å²) in [7, 11) is 0. The number of furan rings is 1. The van der Waals surface area contributed by atoms with Gasteiger partial charge in [0, 0.05) is 5.92 Å². The van der Waals surface area contributed by atoms with Gasteiger partial charge in [-0.3, -0.25) is 9.69 Å². The predicted molar refractivity (Wildman–Crippen MR) is 117 cm³/mol. The fourth-order valence-electron chi connectivity index (χ4n) is 4.16. The summed E-state index contributed by atoms with van der Waals surface area (Å²) >= 11 is 1.41. The molecule has 1 atom stereocenters. The molecule has 0 aliphatic carbocycles. The number of fused-ring (bicyclic) bond motifs is 1. The Balaban J connectivity index is 1.54. The number of likely N-dealkylation sites (tertiary alicyclic amines) is 1. The highest BCUT2D eigenvalue weighted by Crippen LogP contribution is 2.41. The largest absolute Gasteiger partial charge is 0.492 e. The van der Waals surface area contributed by atoms with Gasteiger partial charge in [-0.2, -0.15) is 9.50 Å². The summed E-state index contributed by atoms with van der Waals surface area (Å²) in [6, 6.07) is 11.7. The highest BCUT2D eigenvalue weighted by Gasteiger charge is 2.33. The summed E-state index contributed by atoms with van der Waals surface area (Å²) in [5.41, 5.74) is 7.77. The van der Waals surface area contributed by atoms with E-state index >= 15 is 0 Å². The van der Waals surface area contributed by atoms with Crippen LogP contribution < -0.4 is 5.73 Å². The lowest BCUT2D eigenvalue weighted by atomic mass is 9.93. The van der Waals surface area contributed by atoms with Gasteiger partial charge in [-0.15, -0.1) is 5.10 Å². The topological polar surface area (TPSA) is 110 Å². The van der Waals surface area contributed by atoms with Gasteiger partial charge in [0.25, 0.3) is 0 Å². The molecule has 31 heavy (non-hydrogen) atoms. The van der Waals surface area contributed by atoms with E-state index in [1.807, 2.05) is 6.92 Å². The second-order valence-electron chi connectivity index (χ2n) is 7.92. The van der Waals surface area contributed by atoms with E-state index < -0.39 is 0 Å². The summed E-state index contributed by atoms with van der Waals surface area (Å²) in [6.45, 7) is 3.49. The first kappa shape index (κ1) is 19.8.